The van der Waals surface area contributed by atoms with E-state index in [4.69, 9.17) is 11.6 Å². The van der Waals surface area contributed by atoms with Crippen LogP contribution in [-0.4, -0.2) is 0 Å². The number of hydrogen-bond donors (Lipinski definition) is 0. The molecule has 1 heterocycles. The van der Waals surface area contributed by atoms with Crippen LogP contribution in [0.4, 0.5) is 0 Å². The summed E-state index contributed by atoms with van der Waals surface area (Å²) in [6, 6.07) is 4.15. The second-order valence-electron chi connectivity index (χ2n) is 4.37. The first kappa shape index (κ1) is 11.5. The predicted molar refractivity (Wildman–Crippen MR) is 64.7 cm³/mol. The van der Waals surface area contributed by atoms with Gasteiger partial charge in [0.25, 0.3) is 0 Å². The van der Waals surface area contributed by atoms with Gasteiger partial charge >= 0.3 is 0 Å². The first-order valence-corrected chi connectivity index (χ1v) is 6.32. The van der Waals surface area contributed by atoms with Crippen molar-refractivity contribution >= 4 is 38.9 Å². The molecule has 0 amide bonds. The Labute approximate surface area is 97.4 Å². The Bertz CT molecular complexity index is 275. The molecule has 74 valence electrons. The second-order valence-corrected chi connectivity index (χ2v) is 7.40. The van der Waals surface area contributed by atoms with Gasteiger partial charge in [-0.25, -0.2) is 0 Å². The average Bonchev–Trinajstić information content (AvgIpc) is 2.31. The zero-order valence-electron chi connectivity index (χ0n) is 8.10. The molecule has 1 atom stereocenters. The van der Waals surface area contributed by atoms with Crippen LogP contribution in [0, 0.1) is 5.41 Å². The molecule has 1 rings (SSSR count). The Morgan fingerprint density at radius 1 is 1.46 bits per heavy atom. The summed E-state index contributed by atoms with van der Waals surface area (Å²) in [6.45, 7) is 6.64. The van der Waals surface area contributed by atoms with Crippen molar-refractivity contribution in [2.45, 2.75) is 32.6 Å². The van der Waals surface area contributed by atoms with Crippen LogP contribution in [0.1, 0.15) is 37.4 Å². The third-order valence-corrected chi connectivity index (χ3v) is 3.95. The third-order valence-electron chi connectivity index (χ3n) is 1.69. The summed E-state index contributed by atoms with van der Waals surface area (Å²) in [4.78, 5) is 1.25. The number of thiophene rings is 1. The molecule has 0 aliphatic carbocycles. The molecule has 0 nitrogen and oxygen atoms in total. The van der Waals surface area contributed by atoms with Crippen molar-refractivity contribution in [2.24, 2.45) is 5.41 Å². The fraction of sp³-hybridized carbons (Fsp3) is 0.600. The van der Waals surface area contributed by atoms with Gasteiger partial charge in [-0.2, -0.15) is 0 Å². The Morgan fingerprint density at radius 2 is 2.08 bits per heavy atom. The Hall–Kier alpha value is 0.470. The maximum absolute atomic E-state index is 6.29. The number of rotatable bonds is 2. The normalized spacial score (nSPS) is 14.5. The maximum Gasteiger partial charge on any atom is 0.0701 e. The highest BCUT2D eigenvalue weighted by molar-refractivity contribution is 9.11. The molecule has 0 bridgehead atoms. The first-order valence-electron chi connectivity index (χ1n) is 4.28. The lowest BCUT2D eigenvalue weighted by Gasteiger charge is -2.20. The topological polar surface area (TPSA) is 0 Å². The van der Waals surface area contributed by atoms with Crippen LogP contribution >= 0.6 is 38.9 Å². The van der Waals surface area contributed by atoms with Crippen LogP contribution in [0.2, 0.25) is 0 Å². The van der Waals surface area contributed by atoms with E-state index in [0.29, 0.717) is 5.41 Å². The van der Waals surface area contributed by atoms with Gasteiger partial charge in [0.2, 0.25) is 0 Å². The SMILES string of the molecule is CC(C)(C)CC(Cl)c1ccc(Br)s1. The van der Waals surface area contributed by atoms with E-state index in [9.17, 15) is 0 Å². The van der Waals surface area contributed by atoms with E-state index in [1.54, 1.807) is 11.3 Å². The second kappa shape index (κ2) is 4.33. The van der Waals surface area contributed by atoms with Gasteiger partial charge in [0.1, 0.15) is 0 Å². The monoisotopic (exact) mass is 280 g/mol. The van der Waals surface area contributed by atoms with E-state index in [0.717, 1.165) is 10.2 Å². The van der Waals surface area contributed by atoms with Crippen molar-refractivity contribution in [3.63, 3.8) is 0 Å². The maximum atomic E-state index is 6.29. The molecule has 0 fully saturated rings. The van der Waals surface area contributed by atoms with E-state index >= 15 is 0 Å². The highest BCUT2D eigenvalue weighted by Gasteiger charge is 2.19. The number of halogens is 2. The van der Waals surface area contributed by atoms with Gasteiger partial charge in [0.15, 0.2) is 0 Å². The zero-order valence-corrected chi connectivity index (χ0v) is 11.3. The molecule has 0 N–H and O–H groups in total. The lowest BCUT2D eigenvalue weighted by molar-refractivity contribution is 0.374. The molecule has 0 aliphatic rings. The number of alkyl halides is 1. The van der Waals surface area contributed by atoms with Crippen LogP contribution in [-0.2, 0) is 0 Å². The van der Waals surface area contributed by atoms with Gasteiger partial charge in [-0.1, -0.05) is 20.8 Å². The highest BCUT2D eigenvalue weighted by Crippen LogP contribution is 2.38. The lowest BCUT2D eigenvalue weighted by atomic mass is 9.90. The van der Waals surface area contributed by atoms with Crippen LogP contribution in [0.15, 0.2) is 15.9 Å². The van der Waals surface area contributed by atoms with Crippen molar-refractivity contribution in [3.8, 4) is 0 Å². The van der Waals surface area contributed by atoms with Crippen LogP contribution < -0.4 is 0 Å². The van der Waals surface area contributed by atoms with Gasteiger partial charge in [0, 0.05) is 4.88 Å². The summed E-state index contributed by atoms with van der Waals surface area (Å²) in [7, 11) is 0. The molecule has 0 radical (unpaired) electrons. The molecule has 1 aromatic heterocycles. The van der Waals surface area contributed by atoms with Crippen molar-refractivity contribution in [1.82, 2.24) is 0 Å². The van der Waals surface area contributed by atoms with Crippen molar-refractivity contribution in [2.75, 3.05) is 0 Å². The summed E-state index contributed by atoms with van der Waals surface area (Å²) >= 11 is 11.5. The smallest absolute Gasteiger partial charge is 0.0701 e. The molecule has 0 saturated carbocycles. The average molecular weight is 282 g/mol. The molecule has 1 unspecified atom stereocenters. The Kier molecular flexibility index (Phi) is 3.84. The van der Waals surface area contributed by atoms with E-state index in [2.05, 4.69) is 48.8 Å². The summed E-state index contributed by atoms with van der Waals surface area (Å²) < 4.78 is 1.15. The quantitative estimate of drug-likeness (QED) is 0.651. The van der Waals surface area contributed by atoms with E-state index in [1.807, 2.05) is 0 Å². The van der Waals surface area contributed by atoms with Crippen LogP contribution in [0.3, 0.4) is 0 Å². The first-order chi connectivity index (χ1) is 5.88. The molecular weight excluding hydrogens is 268 g/mol. The fourth-order valence-electron chi connectivity index (χ4n) is 1.13. The Morgan fingerprint density at radius 3 is 2.46 bits per heavy atom. The third kappa shape index (κ3) is 4.01. The molecule has 13 heavy (non-hydrogen) atoms. The van der Waals surface area contributed by atoms with E-state index < -0.39 is 0 Å². The van der Waals surface area contributed by atoms with Crippen molar-refractivity contribution in [3.05, 3.63) is 20.8 Å². The molecule has 3 heteroatoms. The minimum absolute atomic E-state index is 0.149. The lowest BCUT2D eigenvalue weighted by Crippen LogP contribution is -2.07. The largest absolute Gasteiger partial charge is 0.132 e. The molecule has 0 aliphatic heterocycles. The Balaban J connectivity index is 2.64. The highest BCUT2D eigenvalue weighted by atomic mass is 79.9. The molecule has 0 spiro atoms. The molecule has 0 saturated heterocycles. The fourth-order valence-corrected chi connectivity index (χ4v) is 3.21. The van der Waals surface area contributed by atoms with Crippen molar-refractivity contribution in [1.29, 1.82) is 0 Å². The summed E-state index contributed by atoms with van der Waals surface area (Å²) in [6.07, 6.45) is 1.02. The summed E-state index contributed by atoms with van der Waals surface area (Å²) in [5, 5.41) is 0.149. The van der Waals surface area contributed by atoms with Crippen LogP contribution in [0.25, 0.3) is 0 Å². The van der Waals surface area contributed by atoms with Gasteiger partial charge in [-0.3, -0.25) is 0 Å². The van der Waals surface area contributed by atoms with Gasteiger partial charge < -0.3 is 0 Å². The van der Waals surface area contributed by atoms with Gasteiger partial charge in [0.05, 0.1) is 9.16 Å². The molecule has 1 aromatic rings. The van der Waals surface area contributed by atoms with Gasteiger partial charge in [-0.15, -0.1) is 22.9 Å². The van der Waals surface area contributed by atoms with Gasteiger partial charge in [-0.05, 0) is 39.9 Å². The molecule has 0 aromatic carbocycles. The van der Waals surface area contributed by atoms with Crippen molar-refractivity contribution < 1.29 is 0 Å². The minimum atomic E-state index is 0.149. The zero-order chi connectivity index (χ0) is 10.1. The van der Waals surface area contributed by atoms with E-state index in [-0.39, 0.29) is 5.38 Å². The number of hydrogen-bond acceptors (Lipinski definition) is 1. The molecular formula is C10H14BrClS. The predicted octanol–water partition coefficient (Wildman–Crippen LogP) is 5.23. The minimum Gasteiger partial charge on any atom is -0.132 e. The van der Waals surface area contributed by atoms with E-state index in [1.165, 1.54) is 4.88 Å². The summed E-state index contributed by atoms with van der Waals surface area (Å²) in [5.74, 6) is 0. The summed E-state index contributed by atoms with van der Waals surface area (Å²) in [5.41, 5.74) is 0.295. The standard InChI is InChI=1S/C10H14BrClS/c1-10(2,3)6-7(12)8-4-5-9(11)13-8/h4-5,7H,6H2,1-3H3. The van der Waals surface area contributed by atoms with Crippen LogP contribution in [0.5, 0.6) is 0 Å².